The maximum atomic E-state index is 11.2. The number of carboxylic acid groups (broad SMARTS) is 1. The smallest absolute Gasteiger partial charge is 0.335 e. The number of methoxy groups -OCH3 is 1. The SMILES string of the molecule is [2H]C([2H])([2H])Oc1cc(C(=O)O)cc2cc(C3CC3)nnc12. The molecule has 5 nitrogen and oxygen atoms in total. The van der Waals surface area contributed by atoms with Crippen LogP contribution in [0.1, 0.15) is 38.9 Å². The highest BCUT2D eigenvalue weighted by molar-refractivity contribution is 5.96. The third-order valence-electron chi connectivity index (χ3n) is 3.03. The highest BCUT2D eigenvalue weighted by Crippen LogP contribution is 2.39. The normalized spacial score (nSPS) is 17.9. The molecule has 1 saturated carbocycles. The Morgan fingerprint density at radius 3 is 2.94 bits per heavy atom. The predicted molar refractivity (Wildman–Crippen MR) is 65.0 cm³/mol. The van der Waals surface area contributed by atoms with Crippen LogP contribution in [0.5, 0.6) is 5.75 Å². The van der Waals surface area contributed by atoms with Crippen molar-refractivity contribution in [1.82, 2.24) is 10.2 Å². The van der Waals surface area contributed by atoms with Gasteiger partial charge in [-0.2, -0.15) is 5.10 Å². The maximum absolute atomic E-state index is 11.2. The largest absolute Gasteiger partial charge is 0.494 e. The van der Waals surface area contributed by atoms with Crippen molar-refractivity contribution < 1.29 is 18.8 Å². The van der Waals surface area contributed by atoms with Crippen LogP contribution in [0.2, 0.25) is 0 Å². The number of rotatable bonds is 3. The van der Waals surface area contributed by atoms with Gasteiger partial charge in [0.05, 0.1) is 22.4 Å². The fourth-order valence-electron chi connectivity index (χ4n) is 1.92. The van der Waals surface area contributed by atoms with E-state index in [1.54, 1.807) is 6.07 Å². The van der Waals surface area contributed by atoms with Crippen LogP contribution in [0.15, 0.2) is 18.2 Å². The van der Waals surface area contributed by atoms with Crippen LogP contribution in [0.4, 0.5) is 0 Å². The van der Waals surface area contributed by atoms with Crippen molar-refractivity contribution in [1.29, 1.82) is 0 Å². The molecule has 1 aromatic carbocycles. The van der Waals surface area contributed by atoms with Gasteiger partial charge >= 0.3 is 5.97 Å². The van der Waals surface area contributed by atoms with Crippen molar-refractivity contribution in [3.63, 3.8) is 0 Å². The first-order chi connectivity index (χ1) is 9.83. The molecule has 0 bridgehead atoms. The average Bonchev–Trinajstić information content (AvgIpc) is 3.20. The Labute approximate surface area is 108 Å². The number of aromatic nitrogens is 2. The van der Waals surface area contributed by atoms with E-state index in [0.29, 0.717) is 11.3 Å². The minimum atomic E-state index is -2.68. The molecule has 2 aromatic rings. The molecule has 5 heteroatoms. The molecule has 1 aliphatic carbocycles. The molecule has 0 aliphatic heterocycles. The number of nitrogens with zero attached hydrogens (tertiary/aromatic N) is 2. The molecule has 1 aromatic heterocycles. The van der Waals surface area contributed by atoms with Gasteiger partial charge in [-0.25, -0.2) is 4.79 Å². The summed E-state index contributed by atoms with van der Waals surface area (Å²) in [5, 5.41) is 17.7. The van der Waals surface area contributed by atoms with Crippen molar-refractivity contribution in [2.24, 2.45) is 0 Å². The van der Waals surface area contributed by atoms with Crippen LogP contribution in [-0.4, -0.2) is 28.3 Å². The van der Waals surface area contributed by atoms with Crippen LogP contribution < -0.4 is 4.74 Å². The minimum absolute atomic E-state index is 0.0449. The van der Waals surface area contributed by atoms with Crippen molar-refractivity contribution in [3.8, 4) is 5.75 Å². The lowest BCUT2D eigenvalue weighted by molar-refractivity contribution is 0.0696. The summed E-state index contributed by atoms with van der Waals surface area (Å²) in [6.07, 6.45) is 2.08. The Morgan fingerprint density at radius 2 is 2.28 bits per heavy atom. The molecule has 0 amide bonds. The number of hydrogen-bond acceptors (Lipinski definition) is 4. The zero-order valence-electron chi connectivity index (χ0n) is 12.4. The first kappa shape index (κ1) is 8.02. The molecule has 1 heterocycles. The average molecular weight is 247 g/mol. The summed E-state index contributed by atoms with van der Waals surface area (Å²) in [7, 11) is -2.68. The standard InChI is InChI=1S/C13H12N2O3/c1-18-11-6-9(13(16)17)4-8-5-10(7-2-3-7)14-15-12(8)11/h4-7H,2-3H2,1H3,(H,16,17)/i1D3. The Hall–Kier alpha value is -2.17. The van der Waals surface area contributed by atoms with Crippen LogP contribution in [-0.2, 0) is 0 Å². The Kier molecular flexibility index (Phi) is 1.76. The maximum Gasteiger partial charge on any atom is 0.335 e. The van der Waals surface area contributed by atoms with E-state index in [0.717, 1.165) is 24.6 Å². The van der Waals surface area contributed by atoms with Gasteiger partial charge in [-0.1, -0.05) is 0 Å². The third-order valence-corrected chi connectivity index (χ3v) is 3.03. The first-order valence-corrected chi connectivity index (χ1v) is 5.57. The van der Waals surface area contributed by atoms with E-state index >= 15 is 0 Å². The summed E-state index contributed by atoms with van der Waals surface area (Å²) in [5.41, 5.74) is 1.00. The molecule has 1 fully saturated rings. The molecule has 92 valence electrons. The van der Waals surface area contributed by atoms with Gasteiger partial charge in [0.15, 0.2) is 0 Å². The number of fused-ring (bicyclic) bond motifs is 1. The van der Waals surface area contributed by atoms with E-state index in [4.69, 9.17) is 14.0 Å². The van der Waals surface area contributed by atoms with E-state index in [9.17, 15) is 4.79 Å². The van der Waals surface area contributed by atoms with Gasteiger partial charge in [0.2, 0.25) is 0 Å². The van der Waals surface area contributed by atoms with Crippen molar-refractivity contribution in [2.75, 3.05) is 7.04 Å². The molecule has 3 rings (SSSR count). The summed E-state index contributed by atoms with van der Waals surface area (Å²) in [4.78, 5) is 11.2. The van der Waals surface area contributed by atoms with Gasteiger partial charge in [0.1, 0.15) is 11.3 Å². The highest BCUT2D eigenvalue weighted by atomic mass is 16.5. The first-order valence-electron chi connectivity index (χ1n) is 7.07. The number of ether oxygens (including phenoxy) is 1. The fraction of sp³-hybridized carbons (Fsp3) is 0.308. The second-order valence-electron chi connectivity index (χ2n) is 4.36. The second kappa shape index (κ2) is 3.94. The number of carboxylic acids is 1. The lowest BCUT2D eigenvalue weighted by atomic mass is 10.1. The summed E-state index contributed by atoms with van der Waals surface area (Å²) < 4.78 is 26.3. The Balaban J connectivity index is 2.16. The highest BCUT2D eigenvalue weighted by Gasteiger charge is 2.26. The van der Waals surface area contributed by atoms with Crippen LogP contribution in [0.3, 0.4) is 0 Å². The molecule has 0 atom stereocenters. The van der Waals surface area contributed by atoms with Gasteiger partial charge in [-0.3, -0.25) is 0 Å². The quantitative estimate of drug-likeness (QED) is 0.900. The van der Waals surface area contributed by atoms with Crippen LogP contribution >= 0.6 is 0 Å². The second-order valence-corrected chi connectivity index (χ2v) is 4.36. The molecule has 18 heavy (non-hydrogen) atoms. The van der Waals surface area contributed by atoms with E-state index in [-0.39, 0.29) is 16.8 Å². The van der Waals surface area contributed by atoms with Crippen LogP contribution in [0.25, 0.3) is 10.9 Å². The third kappa shape index (κ3) is 1.77. The Bertz CT molecular complexity index is 726. The van der Waals surface area contributed by atoms with Gasteiger partial charge in [0.25, 0.3) is 0 Å². The van der Waals surface area contributed by atoms with E-state index in [1.165, 1.54) is 6.07 Å². The van der Waals surface area contributed by atoms with Crippen LogP contribution in [0, 0.1) is 0 Å². The van der Waals surface area contributed by atoms with Gasteiger partial charge < -0.3 is 9.84 Å². The summed E-state index contributed by atoms with van der Waals surface area (Å²) in [6.45, 7) is 0. The van der Waals surface area contributed by atoms with Crippen molar-refractivity contribution in [3.05, 3.63) is 29.5 Å². The number of hydrogen-bond donors (Lipinski definition) is 1. The van der Waals surface area contributed by atoms with E-state index < -0.39 is 13.0 Å². The minimum Gasteiger partial charge on any atom is -0.494 e. The molecule has 0 spiro atoms. The molecule has 0 saturated heterocycles. The molecular weight excluding hydrogens is 232 g/mol. The fourth-order valence-corrected chi connectivity index (χ4v) is 1.92. The van der Waals surface area contributed by atoms with Gasteiger partial charge in [-0.15, -0.1) is 5.10 Å². The lowest BCUT2D eigenvalue weighted by Crippen LogP contribution is -2.00. The van der Waals surface area contributed by atoms with Gasteiger partial charge in [0, 0.05) is 11.3 Å². The molecular formula is C13H12N2O3. The topological polar surface area (TPSA) is 72.3 Å². The van der Waals surface area contributed by atoms with E-state index in [2.05, 4.69) is 10.2 Å². The lowest BCUT2D eigenvalue weighted by Gasteiger charge is -2.07. The van der Waals surface area contributed by atoms with Crippen molar-refractivity contribution >= 4 is 16.9 Å². The zero-order valence-corrected chi connectivity index (χ0v) is 9.38. The molecule has 0 unspecified atom stereocenters. The van der Waals surface area contributed by atoms with E-state index in [1.807, 2.05) is 0 Å². The summed E-state index contributed by atoms with van der Waals surface area (Å²) in [5.74, 6) is -0.890. The Morgan fingerprint density at radius 1 is 1.44 bits per heavy atom. The molecule has 0 radical (unpaired) electrons. The zero-order chi connectivity index (χ0) is 15.2. The monoisotopic (exact) mass is 247 g/mol. The van der Waals surface area contributed by atoms with Crippen molar-refractivity contribution in [2.45, 2.75) is 18.8 Å². The molecule has 1 aliphatic rings. The number of aromatic carboxylic acids is 1. The number of benzene rings is 1. The number of carbonyl (C=O) groups is 1. The summed E-state index contributed by atoms with van der Waals surface area (Å²) >= 11 is 0. The van der Waals surface area contributed by atoms with Gasteiger partial charge in [-0.05, 0) is 31.0 Å². The summed E-state index contributed by atoms with van der Waals surface area (Å²) in [6, 6.07) is 4.35. The predicted octanol–water partition coefficient (Wildman–Crippen LogP) is 2.21. The molecule has 1 N–H and O–H groups in total.